The van der Waals surface area contributed by atoms with Gasteiger partial charge in [-0.15, -0.1) is 13.2 Å². The molecule has 1 atom stereocenters. The number of benzene rings is 1. The van der Waals surface area contributed by atoms with Crippen molar-refractivity contribution in [2.45, 2.75) is 24.2 Å². The lowest BCUT2D eigenvalue weighted by Gasteiger charge is -2.15. The summed E-state index contributed by atoms with van der Waals surface area (Å²) in [7, 11) is -3.94. The van der Waals surface area contributed by atoms with Crippen molar-refractivity contribution >= 4 is 27.1 Å². The number of hydrogen-bond donors (Lipinski definition) is 1. The number of alkyl halides is 3. The van der Waals surface area contributed by atoms with Crippen molar-refractivity contribution in [3.05, 3.63) is 47.0 Å². The van der Waals surface area contributed by atoms with E-state index in [2.05, 4.69) is 25.1 Å². The number of nitriles is 1. The molecule has 0 radical (unpaired) electrons. The lowest BCUT2D eigenvalue weighted by molar-refractivity contribution is -0.274. The Morgan fingerprint density at radius 1 is 1.31 bits per heavy atom. The summed E-state index contributed by atoms with van der Waals surface area (Å²) in [5, 5.41) is 15.8. The van der Waals surface area contributed by atoms with Gasteiger partial charge in [-0.3, -0.25) is 4.79 Å². The first-order valence-corrected chi connectivity index (χ1v) is 11.3. The summed E-state index contributed by atoms with van der Waals surface area (Å²) in [5.74, 6) is -1.50. The first-order chi connectivity index (χ1) is 14.9. The molecule has 1 N–H and O–H groups in total. The third kappa shape index (κ3) is 5.39. The molecule has 0 bridgehead atoms. The van der Waals surface area contributed by atoms with Gasteiger partial charge in [0.25, 0.3) is 5.91 Å². The Morgan fingerprint density at radius 3 is 2.62 bits per heavy atom. The topological polar surface area (TPSA) is 140 Å². The second-order valence-electron chi connectivity index (χ2n) is 6.36. The minimum absolute atomic E-state index is 0.225. The minimum Gasteiger partial charge on any atom is -0.406 e. The summed E-state index contributed by atoms with van der Waals surface area (Å²) in [4.78, 5) is 20.6. The van der Waals surface area contributed by atoms with Crippen LogP contribution in [0.25, 0.3) is 5.13 Å². The van der Waals surface area contributed by atoms with E-state index < -0.39 is 38.8 Å². The van der Waals surface area contributed by atoms with Gasteiger partial charge in [0.05, 0.1) is 17.1 Å². The quantitative estimate of drug-likeness (QED) is 0.560. The highest BCUT2D eigenvalue weighted by Gasteiger charge is 2.32. The Kier molecular flexibility index (Phi) is 6.19. The van der Waals surface area contributed by atoms with E-state index in [-0.39, 0.29) is 11.4 Å². The first kappa shape index (κ1) is 23.2. The molecule has 0 saturated carbocycles. The van der Waals surface area contributed by atoms with Crippen LogP contribution in [0.15, 0.2) is 35.6 Å². The molecular weight excluding hydrogens is 473 g/mol. The Bertz CT molecular complexity index is 1310. The molecule has 3 rings (SSSR count). The largest absolute Gasteiger partial charge is 0.573 e. The normalized spacial score (nSPS) is 12.8. The predicted octanol–water partition coefficient (Wildman–Crippen LogP) is 2.39. The van der Waals surface area contributed by atoms with Gasteiger partial charge in [0.15, 0.2) is 15.7 Å². The molecule has 10 nitrogen and oxygen atoms in total. The molecule has 1 aromatic carbocycles. The van der Waals surface area contributed by atoms with Crippen molar-refractivity contribution in [1.82, 2.24) is 25.1 Å². The zero-order chi connectivity index (χ0) is 23.7. The summed E-state index contributed by atoms with van der Waals surface area (Å²) in [6, 6.07) is 3.51. The van der Waals surface area contributed by atoms with Crippen LogP contribution in [-0.4, -0.2) is 46.7 Å². The van der Waals surface area contributed by atoms with Crippen LogP contribution in [0.1, 0.15) is 34.0 Å². The van der Waals surface area contributed by atoms with Crippen LogP contribution in [-0.2, 0) is 9.84 Å². The standard InChI is InChI=1S/C17H13F3N6O4S2/c1-9(14-23-8-24-26(14)16-22-7-12(6-21)31-16)25-15(27)10-3-11(30-17(18,19)20)5-13(4-10)32(2,28)29/h3-5,7-9H,1-2H3,(H,25,27). The molecule has 2 heterocycles. The van der Waals surface area contributed by atoms with Gasteiger partial charge >= 0.3 is 6.36 Å². The molecule has 0 saturated heterocycles. The Hall–Kier alpha value is -3.51. The molecule has 3 aromatic rings. The smallest absolute Gasteiger partial charge is 0.406 e. The highest BCUT2D eigenvalue weighted by molar-refractivity contribution is 7.90. The summed E-state index contributed by atoms with van der Waals surface area (Å²) < 4.78 is 66.6. The van der Waals surface area contributed by atoms with Gasteiger partial charge in [-0.25, -0.2) is 18.4 Å². The van der Waals surface area contributed by atoms with Crippen molar-refractivity contribution in [2.24, 2.45) is 0 Å². The average Bonchev–Trinajstić information content (AvgIpc) is 3.34. The number of carbonyl (C=O) groups excluding carboxylic acids is 1. The summed E-state index contributed by atoms with van der Waals surface area (Å²) >= 11 is 1.04. The minimum atomic E-state index is -5.08. The van der Waals surface area contributed by atoms with Crippen LogP contribution in [0.2, 0.25) is 0 Å². The van der Waals surface area contributed by atoms with Gasteiger partial charge in [0.2, 0.25) is 5.13 Å². The van der Waals surface area contributed by atoms with Crippen molar-refractivity contribution in [3.63, 3.8) is 0 Å². The SMILES string of the molecule is CC(NC(=O)c1cc(OC(F)(F)F)cc(S(C)(=O)=O)c1)c1ncnn1-c1ncc(C#N)s1. The zero-order valence-electron chi connectivity index (χ0n) is 16.3. The van der Waals surface area contributed by atoms with Gasteiger partial charge < -0.3 is 10.1 Å². The molecule has 32 heavy (non-hydrogen) atoms. The van der Waals surface area contributed by atoms with E-state index in [0.717, 1.165) is 29.7 Å². The van der Waals surface area contributed by atoms with Gasteiger partial charge in [0, 0.05) is 11.8 Å². The van der Waals surface area contributed by atoms with E-state index >= 15 is 0 Å². The molecule has 1 amide bonds. The fourth-order valence-electron chi connectivity index (χ4n) is 2.56. The molecule has 0 aliphatic heterocycles. The Labute approximate surface area is 183 Å². The van der Waals surface area contributed by atoms with Gasteiger partial charge in [0.1, 0.15) is 23.0 Å². The van der Waals surface area contributed by atoms with Gasteiger partial charge in [-0.05, 0) is 25.1 Å². The molecule has 15 heteroatoms. The third-order valence-corrected chi connectivity index (χ3v) is 5.87. The van der Waals surface area contributed by atoms with Crippen molar-refractivity contribution in [2.75, 3.05) is 6.26 Å². The molecule has 0 fully saturated rings. The number of ether oxygens (including phenoxy) is 1. The van der Waals surface area contributed by atoms with Crippen LogP contribution >= 0.6 is 11.3 Å². The number of aromatic nitrogens is 4. The molecule has 168 valence electrons. The number of nitrogens with one attached hydrogen (secondary N) is 1. The maximum absolute atomic E-state index is 12.7. The van der Waals surface area contributed by atoms with Crippen LogP contribution in [0, 0.1) is 11.3 Å². The molecule has 0 aliphatic carbocycles. The van der Waals surface area contributed by atoms with Gasteiger partial charge in [-0.1, -0.05) is 11.3 Å². The molecular formula is C17H13F3N6O4S2. The Balaban J connectivity index is 1.90. The number of nitrogens with zero attached hydrogens (tertiary/aromatic N) is 5. The Morgan fingerprint density at radius 2 is 2.03 bits per heavy atom. The molecule has 2 aromatic heterocycles. The predicted molar refractivity (Wildman–Crippen MR) is 104 cm³/mol. The second kappa shape index (κ2) is 8.55. The van der Waals surface area contributed by atoms with Crippen LogP contribution in [0.5, 0.6) is 5.75 Å². The van der Waals surface area contributed by atoms with Crippen LogP contribution in [0.3, 0.4) is 0 Å². The van der Waals surface area contributed by atoms with E-state index in [4.69, 9.17) is 5.26 Å². The lowest BCUT2D eigenvalue weighted by Crippen LogP contribution is -2.29. The van der Waals surface area contributed by atoms with Gasteiger partial charge in [-0.2, -0.15) is 15.0 Å². The third-order valence-electron chi connectivity index (χ3n) is 3.90. The van der Waals surface area contributed by atoms with Crippen LogP contribution < -0.4 is 10.1 Å². The summed E-state index contributed by atoms with van der Waals surface area (Å²) in [6.45, 7) is 1.53. The van der Waals surface area contributed by atoms with Crippen molar-refractivity contribution in [3.8, 4) is 17.0 Å². The summed E-state index contributed by atoms with van der Waals surface area (Å²) in [6.07, 6.45) is -1.75. The fraction of sp³-hybridized carbons (Fsp3) is 0.235. The highest BCUT2D eigenvalue weighted by atomic mass is 32.2. The maximum Gasteiger partial charge on any atom is 0.573 e. The van der Waals surface area contributed by atoms with E-state index in [0.29, 0.717) is 16.1 Å². The number of rotatable bonds is 6. The molecule has 0 aliphatic rings. The molecule has 0 spiro atoms. The maximum atomic E-state index is 12.7. The van der Waals surface area contributed by atoms with E-state index in [1.165, 1.54) is 24.1 Å². The lowest BCUT2D eigenvalue weighted by atomic mass is 10.2. The molecule has 1 unspecified atom stereocenters. The number of thiazole rings is 1. The van der Waals surface area contributed by atoms with E-state index in [1.54, 1.807) is 0 Å². The van der Waals surface area contributed by atoms with E-state index in [1.807, 2.05) is 6.07 Å². The first-order valence-electron chi connectivity index (χ1n) is 8.55. The highest BCUT2D eigenvalue weighted by Crippen LogP contribution is 2.27. The fourth-order valence-corrected chi connectivity index (χ4v) is 3.91. The number of sulfone groups is 1. The monoisotopic (exact) mass is 486 g/mol. The average molecular weight is 486 g/mol. The van der Waals surface area contributed by atoms with Crippen LogP contribution in [0.4, 0.5) is 13.2 Å². The van der Waals surface area contributed by atoms with Crippen molar-refractivity contribution in [1.29, 1.82) is 5.26 Å². The number of carbonyl (C=O) groups is 1. The summed E-state index contributed by atoms with van der Waals surface area (Å²) in [5.41, 5.74) is -0.369. The number of amides is 1. The number of halogens is 3. The van der Waals surface area contributed by atoms with E-state index in [9.17, 15) is 26.4 Å². The zero-order valence-corrected chi connectivity index (χ0v) is 17.9. The van der Waals surface area contributed by atoms with Crippen molar-refractivity contribution < 1.29 is 31.1 Å². The second-order valence-corrected chi connectivity index (χ2v) is 9.38. The number of hydrogen-bond acceptors (Lipinski definition) is 9.